The zero-order chi connectivity index (χ0) is 17.5. The standard InChI is InChI=1S/C16H30N4O3.HI/c1-6-23-14(22)12-7-9-20(10-8-12)15(17-5)18-11-13(21)19-16(2,3)4;/h12H,6-11H2,1-5H3,(H,17,18)(H,19,21);1H. The molecule has 0 aliphatic carbocycles. The number of piperidine rings is 1. The summed E-state index contributed by atoms with van der Waals surface area (Å²) in [7, 11) is 1.70. The molecule has 1 rings (SSSR count). The second-order valence-corrected chi connectivity index (χ2v) is 6.71. The third kappa shape index (κ3) is 8.16. The van der Waals surface area contributed by atoms with Crippen LogP contribution in [0.2, 0.25) is 0 Å². The topological polar surface area (TPSA) is 83.0 Å². The lowest BCUT2D eigenvalue weighted by atomic mass is 9.97. The minimum absolute atomic E-state index is 0. The van der Waals surface area contributed by atoms with Gasteiger partial charge in [-0.3, -0.25) is 14.6 Å². The van der Waals surface area contributed by atoms with Crippen molar-refractivity contribution in [3.63, 3.8) is 0 Å². The molecule has 0 spiro atoms. The maximum atomic E-state index is 11.9. The van der Waals surface area contributed by atoms with Crippen molar-refractivity contribution in [2.45, 2.75) is 46.1 Å². The fraction of sp³-hybridized carbons (Fsp3) is 0.812. The Morgan fingerprint density at radius 3 is 2.29 bits per heavy atom. The Kier molecular flexibility index (Phi) is 10.3. The summed E-state index contributed by atoms with van der Waals surface area (Å²) in [4.78, 5) is 29.9. The number of nitrogens with one attached hydrogen (secondary N) is 2. The number of aliphatic imine (C=N–C) groups is 1. The van der Waals surface area contributed by atoms with E-state index < -0.39 is 0 Å². The maximum Gasteiger partial charge on any atom is 0.309 e. The number of guanidine groups is 1. The summed E-state index contributed by atoms with van der Waals surface area (Å²) >= 11 is 0. The van der Waals surface area contributed by atoms with Crippen LogP contribution in [0.4, 0.5) is 0 Å². The number of nitrogens with zero attached hydrogens (tertiary/aromatic N) is 2. The number of carbonyl (C=O) groups is 2. The van der Waals surface area contributed by atoms with Crippen LogP contribution >= 0.6 is 24.0 Å². The molecule has 0 atom stereocenters. The van der Waals surface area contributed by atoms with Crippen LogP contribution in [0.25, 0.3) is 0 Å². The van der Waals surface area contributed by atoms with Gasteiger partial charge in [0.15, 0.2) is 5.96 Å². The van der Waals surface area contributed by atoms with Crippen molar-refractivity contribution in [1.29, 1.82) is 0 Å². The van der Waals surface area contributed by atoms with Crippen molar-refractivity contribution in [3.05, 3.63) is 0 Å². The summed E-state index contributed by atoms with van der Waals surface area (Å²) in [5.74, 6) is 0.476. The highest BCUT2D eigenvalue weighted by atomic mass is 127. The van der Waals surface area contributed by atoms with Crippen LogP contribution in [0, 0.1) is 5.92 Å². The third-order valence-electron chi connectivity index (χ3n) is 3.55. The lowest BCUT2D eigenvalue weighted by Gasteiger charge is -2.33. The van der Waals surface area contributed by atoms with Crippen molar-refractivity contribution in [3.8, 4) is 0 Å². The number of hydrogen-bond acceptors (Lipinski definition) is 4. The summed E-state index contributed by atoms with van der Waals surface area (Å²) in [5.41, 5.74) is -0.250. The third-order valence-corrected chi connectivity index (χ3v) is 3.55. The smallest absolute Gasteiger partial charge is 0.309 e. The molecule has 0 aromatic heterocycles. The van der Waals surface area contributed by atoms with Gasteiger partial charge in [0.25, 0.3) is 0 Å². The van der Waals surface area contributed by atoms with Gasteiger partial charge in [-0.1, -0.05) is 0 Å². The molecule has 1 saturated heterocycles. The predicted molar refractivity (Wildman–Crippen MR) is 106 cm³/mol. The van der Waals surface area contributed by atoms with Gasteiger partial charge in [0.1, 0.15) is 0 Å². The van der Waals surface area contributed by atoms with E-state index in [4.69, 9.17) is 4.74 Å². The molecule has 0 saturated carbocycles. The zero-order valence-corrected chi connectivity index (χ0v) is 17.7. The van der Waals surface area contributed by atoms with E-state index >= 15 is 0 Å². The second-order valence-electron chi connectivity index (χ2n) is 6.71. The SMILES string of the molecule is CCOC(=O)C1CCN(C(=NC)NCC(=O)NC(C)(C)C)CC1.I. The lowest BCUT2D eigenvalue weighted by molar-refractivity contribution is -0.149. The minimum atomic E-state index is -0.250. The molecule has 1 aliphatic heterocycles. The van der Waals surface area contributed by atoms with Crippen molar-refractivity contribution in [1.82, 2.24) is 15.5 Å². The quantitative estimate of drug-likeness (QED) is 0.290. The van der Waals surface area contributed by atoms with Gasteiger partial charge >= 0.3 is 5.97 Å². The van der Waals surface area contributed by atoms with E-state index in [1.807, 2.05) is 27.7 Å². The highest BCUT2D eigenvalue weighted by Gasteiger charge is 2.27. The van der Waals surface area contributed by atoms with Crippen molar-refractivity contribution >= 4 is 41.8 Å². The first-order valence-corrected chi connectivity index (χ1v) is 8.20. The van der Waals surface area contributed by atoms with Gasteiger partial charge in [0, 0.05) is 25.7 Å². The van der Waals surface area contributed by atoms with Crippen LogP contribution in [0.3, 0.4) is 0 Å². The van der Waals surface area contributed by atoms with Crippen LogP contribution in [-0.2, 0) is 14.3 Å². The van der Waals surface area contributed by atoms with Crippen molar-refractivity contribution in [2.75, 3.05) is 33.3 Å². The Labute approximate surface area is 162 Å². The maximum absolute atomic E-state index is 11.9. The molecule has 0 radical (unpaired) electrons. The van der Waals surface area contributed by atoms with Gasteiger partial charge in [-0.25, -0.2) is 0 Å². The molecule has 8 heteroatoms. The zero-order valence-electron chi connectivity index (χ0n) is 15.3. The van der Waals surface area contributed by atoms with Gasteiger partial charge < -0.3 is 20.3 Å². The van der Waals surface area contributed by atoms with E-state index in [-0.39, 0.29) is 53.9 Å². The largest absolute Gasteiger partial charge is 0.466 e. The minimum Gasteiger partial charge on any atom is -0.466 e. The number of hydrogen-bond donors (Lipinski definition) is 2. The number of halogens is 1. The first-order chi connectivity index (χ1) is 10.8. The Balaban J connectivity index is 0.00000529. The predicted octanol–water partition coefficient (Wildman–Crippen LogP) is 1.37. The number of ether oxygens (including phenoxy) is 1. The van der Waals surface area contributed by atoms with Crippen LogP contribution in [0.1, 0.15) is 40.5 Å². The molecule has 1 heterocycles. The molecule has 24 heavy (non-hydrogen) atoms. The molecule has 0 aromatic rings. The van der Waals surface area contributed by atoms with E-state index in [9.17, 15) is 9.59 Å². The van der Waals surface area contributed by atoms with E-state index in [1.165, 1.54) is 0 Å². The number of likely N-dealkylation sites (tertiary alicyclic amines) is 1. The lowest BCUT2D eigenvalue weighted by Crippen LogP contribution is -2.51. The number of esters is 1. The van der Waals surface area contributed by atoms with Crippen LogP contribution < -0.4 is 10.6 Å². The van der Waals surface area contributed by atoms with Crippen molar-refractivity contribution in [2.24, 2.45) is 10.9 Å². The van der Waals surface area contributed by atoms with Gasteiger partial charge in [0.2, 0.25) is 5.91 Å². The van der Waals surface area contributed by atoms with E-state index in [1.54, 1.807) is 7.05 Å². The molecule has 0 aromatic carbocycles. The van der Waals surface area contributed by atoms with E-state index in [0.717, 1.165) is 25.9 Å². The molecular weight excluding hydrogens is 423 g/mol. The van der Waals surface area contributed by atoms with Gasteiger partial charge in [-0.05, 0) is 40.5 Å². The fourth-order valence-electron chi connectivity index (χ4n) is 2.54. The molecule has 1 fully saturated rings. The normalized spacial score (nSPS) is 16.2. The molecule has 2 N–H and O–H groups in total. The second kappa shape index (κ2) is 10.7. The summed E-state index contributed by atoms with van der Waals surface area (Å²) in [6.45, 7) is 9.71. The Bertz CT molecular complexity index is 441. The molecule has 1 aliphatic rings. The Morgan fingerprint density at radius 1 is 1.25 bits per heavy atom. The van der Waals surface area contributed by atoms with Gasteiger partial charge in [-0.2, -0.15) is 0 Å². The fourth-order valence-corrected chi connectivity index (χ4v) is 2.54. The number of rotatable bonds is 4. The monoisotopic (exact) mass is 454 g/mol. The number of carbonyl (C=O) groups excluding carboxylic acids is 2. The average Bonchev–Trinajstić information content (AvgIpc) is 2.47. The van der Waals surface area contributed by atoms with Gasteiger partial charge in [0.05, 0.1) is 19.1 Å². The summed E-state index contributed by atoms with van der Waals surface area (Å²) < 4.78 is 5.07. The number of amides is 1. The van der Waals surface area contributed by atoms with Crippen LogP contribution in [-0.4, -0.2) is 61.6 Å². The summed E-state index contributed by atoms with van der Waals surface area (Å²) in [6, 6.07) is 0. The molecule has 1 amide bonds. The highest BCUT2D eigenvalue weighted by molar-refractivity contribution is 14.0. The molecule has 0 unspecified atom stereocenters. The molecule has 140 valence electrons. The Morgan fingerprint density at radius 2 is 1.83 bits per heavy atom. The van der Waals surface area contributed by atoms with Crippen molar-refractivity contribution < 1.29 is 14.3 Å². The average molecular weight is 454 g/mol. The van der Waals surface area contributed by atoms with Crippen LogP contribution in [0.5, 0.6) is 0 Å². The first-order valence-electron chi connectivity index (χ1n) is 8.20. The molecule has 0 bridgehead atoms. The summed E-state index contributed by atoms with van der Waals surface area (Å²) in [5, 5.41) is 5.98. The van der Waals surface area contributed by atoms with E-state index in [0.29, 0.717) is 12.6 Å². The Hall–Kier alpha value is -1.06. The highest BCUT2D eigenvalue weighted by Crippen LogP contribution is 2.18. The molecular formula is C16H31IN4O3. The molecule has 7 nitrogen and oxygen atoms in total. The van der Waals surface area contributed by atoms with E-state index in [2.05, 4.69) is 20.5 Å². The van der Waals surface area contributed by atoms with Gasteiger partial charge in [-0.15, -0.1) is 24.0 Å². The first kappa shape index (κ1) is 22.9. The van der Waals surface area contributed by atoms with Crippen LogP contribution in [0.15, 0.2) is 4.99 Å². The summed E-state index contributed by atoms with van der Waals surface area (Å²) in [6.07, 6.45) is 1.49.